The molecule has 0 heterocycles. The zero-order valence-corrected chi connectivity index (χ0v) is 11.6. The second kappa shape index (κ2) is 8.70. The number of carboxylic acids is 1. The second-order valence-electron chi connectivity index (χ2n) is 4.86. The van der Waals surface area contributed by atoms with Crippen molar-refractivity contribution in [3.05, 3.63) is 35.5 Å². The summed E-state index contributed by atoms with van der Waals surface area (Å²) in [7, 11) is 0. The third-order valence-corrected chi connectivity index (χ3v) is 2.65. The molecular formula is C15H24O3. The molecule has 0 spiro atoms. The van der Waals surface area contributed by atoms with Gasteiger partial charge in [0.05, 0.1) is 6.10 Å². The second-order valence-corrected chi connectivity index (χ2v) is 4.86. The molecule has 0 radical (unpaired) electrons. The molecule has 0 bridgehead atoms. The summed E-state index contributed by atoms with van der Waals surface area (Å²) in [6.07, 6.45) is 5.48. The van der Waals surface area contributed by atoms with Gasteiger partial charge in [-0.25, -0.2) is 4.79 Å². The van der Waals surface area contributed by atoms with Crippen molar-refractivity contribution in [3.63, 3.8) is 0 Å². The van der Waals surface area contributed by atoms with Crippen LogP contribution in [0.1, 0.15) is 46.5 Å². The van der Waals surface area contributed by atoms with Gasteiger partial charge in [0.1, 0.15) is 0 Å². The van der Waals surface area contributed by atoms with Crippen LogP contribution in [0.3, 0.4) is 0 Å². The van der Waals surface area contributed by atoms with Gasteiger partial charge in [0.25, 0.3) is 0 Å². The lowest BCUT2D eigenvalue weighted by atomic mass is 9.99. The molecular weight excluding hydrogens is 228 g/mol. The molecule has 0 aliphatic heterocycles. The molecule has 0 aromatic heterocycles. The zero-order valence-electron chi connectivity index (χ0n) is 11.6. The molecule has 0 aromatic rings. The fourth-order valence-corrected chi connectivity index (χ4v) is 1.56. The molecule has 0 saturated heterocycles. The molecule has 0 rings (SSSR count). The quantitative estimate of drug-likeness (QED) is 0.514. The van der Waals surface area contributed by atoms with E-state index in [1.54, 1.807) is 6.92 Å². The normalized spacial score (nSPS) is 13.0. The Morgan fingerprint density at radius 1 is 1.28 bits per heavy atom. The lowest BCUT2D eigenvalue weighted by Crippen LogP contribution is -2.07. The highest BCUT2D eigenvalue weighted by atomic mass is 16.4. The van der Waals surface area contributed by atoms with Crippen molar-refractivity contribution in [1.29, 1.82) is 0 Å². The maximum absolute atomic E-state index is 10.7. The van der Waals surface area contributed by atoms with Crippen LogP contribution in [0.15, 0.2) is 35.5 Å². The highest BCUT2D eigenvalue weighted by Crippen LogP contribution is 2.17. The monoisotopic (exact) mass is 252 g/mol. The number of carbonyl (C=O) groups is 1. The van der Waals surface area contributed by atoms with Gasteiger partial charge in [0.2, 0.25) is 0 Å². The lowest BCUT2D eigenvalue weighted by Gasteiger charge is -2.11. The molecule has 3 heteroatoms. The summed E-state index contributed by atoms with van der Waals surface area (Å²) in [5.74, 6) is -0.924. The number of aliphatic hydroxyl groups is 1. The SMILES string of the molecule is C=C(C)C(O)CC/C(=C/C(=O)O)CCC=C(C)C. The van der Waals surface area contributed by atoms with Gasteiger partial charge in [0.15, 0.2) is 0 Å². The van der Waals surface area contributed by atoms with E-state index in [4.69, 9.17) is 5.11 Å². The first-order chi connectivity index (χ1) is 8.32. The number of aliphatic hydroxyl groups excluding tert-OH is 1. The molecule has 0 aromatic carbocycles. The van der Waals surface area contributed by atoms with E-state index in [9.17, 15) is 9.90 Å². The molecule has 1 atom stereocenters. The largest absolute Gasteiger partial charge is 0.478 e. The standard InChI is InChI=1S/C15H24O3/c1-11(2)6-5-7-13(10-15(17)18)8-9-14(16)12(3)4/h6,10,14,16H,3,5,7-9H2,1-2,4H3,(H,17,18)/b13-10+. The molecule has 0 amide bonds. The maximum atomic E-state index is 10.7. The Kier molecular flexibility index (Phi) is 8.05. The van der Waals surface area contributed by atoms with Crippen molar-refractivity contribution in [2.24, 2.45) is 0 Å². The number of carboxylic acid groups (broad SMARTS) is 1. The summed E-state index contributed by atoms with van der Waals surface area (Å²) >= 11 is 0. The van der Waals surface area contributed by atoms with Gasteiger partial charge in [-0.15, -0.1) is 0 Å². The molecule has 3 nitrogen and oxygen atoms in total. The van der Waals surface area contributed by atoms with Crippen LogP contribution in [-0.4, -0.2) is 22.3 Å². The van der Waals surface area contributed by atoms with Crippen LogP contribution in [0.2, 0.25) is 0 Å². The summed E-state index contributed by atoms with van der Waals surface area (Å²) in [4.78, 5) is 10.7. The Balaban J connectivity index is 4.38. The van der Waals surface area contributed by atoms with Crippen molar-refractivity contribution < 1.29 is 15.0 Å². The van der Waals surface area contributed by atoms with Gasteiger partial charge in [-0.2, -0.15) is 0 Å². The van der Waals surface area contributed by atoms with E-state index >= 15 is 0 Å². The molecule has 102 valence electrons. The highest BCUT2D eigenvalue weighted by molar-refractivity contribution is 5.80. The van der Waals surface area contributed by atoms with E-state index in [2.05, 4.69) is 12.7 Å². The first-order valence-corrected chi connectivity index (χ1v) is 6.22. The maximum Gasteiger partial charge on any atom is 0.328 e. The molecule has 1 unspecified atom stereocenters. The zero-order chi connectivity index (χ0) is 14.1. The molecule has 0 aliphatic carbocycles. The van der Waals surface area contributed by atoms with E-state index in [1.165, 1.54) is 11.6 Å². The van der Waals surface area contributed by atoms with E-state index in [1.807, 2.05) is 13.8 Å². The van der Waals surface area contributed by atoms with Crippen LogP contribution in [0, 0.1) is 0 Å². The minimum Gasteiger partial charge on any atom is -0.478 e. The lowest BCUT2D eigenvalue weighted by molar-refractivity contribution is -0.131. The van der Waals surface area contributed by atoms with Gasteiger partial charge in [0, 0.05) is 6.08 Å². The molecule has 0 aliphatic rings. The van der Waals surface area contributed by atoms with Crippen LogP contribution in [0.5, 0.6) is 0 Å². The van der Waals surface area contributed by atoms with Gasteiger partial charge in [-0.05, 0) is 46.5 Å². The highest BCUT2D eigenvalue weighted by Gasteiger charge is 2.07. The summed E-state index contributed by atoms with van der Waals surface area (Å²) in [6.45, 7) is 9.49. The Morgan fingerprint density at radius 2 is 1.89 bits per heavy atom. The predicted molar refractivity (Wildman–Crippen MR) is 74.4 cm³/mol. The van der Waals surface area contributed by atoms with Gasteiger partial charge < -0.3 is 10.2 Å². The van der Waals surface area contributed by atoms with Crippen molar-refractivity contribution in [1.82, 2.24) is 0 Å². The van der Waals surface area contributed by atoms with Crippen LogP contribution in [0.4, 0.5) is 0 Å². The summed E-state index contributed by atoms with van der Waals surface area (Å²) < 4.78 is 0. The van der Waals surface area contributed by atoms with E-state index < -0.39 is 12.1 Å². The van der Waals surface area contributed by atoms with E-state index in [0.717, 1.165) is 18.4 Å². The Bertz CT molecular complexity index is 347. The molecule has 18 heavy (non-hydrogen) atoms. The van der Waals surface area contributed by atoms with Crippen LogP contribution in [0.25, 0.3) is 0 Å². The summed E-state index contributed by atoms with van der Waals surface area (Å²) in [5, 5.41) is 18.4. The predicted octanol–water partition coefficient (Wildman–Crippen LogP) is 3.46. The molecule has 0 saturated carbocycles. The third-order valence-electron chi connectivity index (χ3n) is 2.65. The number of hydrogen-bond donors (Lipinski definition) is 2. The van der Waals surface area contributed by atoms with Crippen LogP contribution < -0.4 is 0 Å². The number of allylic oxidation sites excluding steroid dienone is 3. The third kappa shape index (κ3) is 8.76. The van der Waals surface area contributed by atoms with Crippen LogP contribution >= 0.6 is 0 Å². The smallest absolute Gasteiger partial charge is 0.328 e. The molecule has 0 fully saturated rings. The topological polar surface area (TPSA) is 57.5 Å². The van der Waals surface area contributed by atoms with Crippen LogP contribution in [-0.2, 0) is 4.79 Å². The fraction of sp³-hybridized carbons (Fsp3) is 0.533. The van der Waals surface area contributed by atoms with Gasteiger partial charge in [-0.3, -0.25) is 0 Å². The average molecular weight is 252 g/mol. The van der Waals surface area contributed by atoms with Crippen molar-refractivity contribution in [2.75, 3.05) is 0 Å². The Morgan fingerprint density at radius 3 is 2.33 bits per heavy atom. The minimum atomic E-state index is -0.924. The minimum absolute atomic E-state index is 0.531. The van der Waals surface area contributed by atoms with Gasteiger partial charge in [-0.1, -0.05) is 29.4 Å². The number of aliphatic carboxylic acids is 1. The Hall–Kier alpha value is -1.35. The number of rotatable bonds is 8. The van der Waals surface area contributed by atoms with E-state index in [-0.39, 0.29) is 0 Å². The van der Waals surface area contributed by atoms with Crippen molar-refractivity contribution >= 4 is 5.97 Å². The van der Waals surface area contributed by atoms with E-state index in [0.29, 0.717) is 18.4 Å². The first-order valence-electron chi connectivity index (χ1n) is 6.22. The van der Waals surface area contributed by atoms with Gasteiger partial charge >= 0.3 is 5.97 Å². The fourth-order valence-electron chi connectivity index (χ4n) is 1.56. The number of hydrogen-bond acceptors (Lipinski definition) is 2. The first kappa shape index (κ1) is 16.6. The molecule has 2 N–H and O–H groups in total. The average Bonchev–Trinajstić information content (AvgIpc) is 2.23. The summed E-state index contributed by atoms with van der Waals surface area (Å²) in [6, 6.07) is 0. The summed E-state index contributed by atoms with van der Waals surface area (Å²) in [5.41, 5.74) is 2.81. The van der Waals surface area contributed by atoms with Crippen molar-refractivity contribution in [3.8, 4) is 0 Å². The Labute approximate surface area is 110 Å². The van der Waals surface area contributed by atoms with Crippen molar-refractivity contribution in [2.45, 2.75) is 52.6 Å².